The summed E-state index contributed by atoms with van der Waals surface area (Å²) in [6.07, 6.45) is 4.16. The number of carbonyl (C=O) groups excluding carboxylic acids is 2. The van der Waals surface area contributed by atoms with Crippen LogP contribution in [0.15, 0.2) is 42.7 Å². The van der Waals surface area contributed by atoms with Crippen LogP contribution in [-0.2, 0) is 0 Å². The molecular weight excluding hydrogens is 304 g/mol. The summed E-state index contributed by atoms with van der Waals surface area (Å²) < 4.78 is 0. The Balaban J connectivity index is 2.11. The molecular formula is C18H22N4O2. The van der Waals surface area contributed by atoms with Gasteiger partial charge in [-0.1, -0.05) is 13.0 Å². The van der Waals surface area contributed by atoms with E-state index in [4.69, 9.17) is 0 Å². The summed E-state index contributed by atoms with van der Waals surface area (Å²) in [5.41, 5.74) is 2.87. The van der Waals surface area contributed by atoms with E-state index < -0.39 is 0 Å². The molecule has 6 nitrogen and oxygen atoms in total. The Morgan fingerprint density at radius 2 is 1.88 bits per heavy atom. The summed E-state index contributed by atoms with van der Waals surface area (Å²) in [6.45, 7) is 3.81. The van der Waals surface area contributed by atoms with Gasteiger partial charge in [-0.2, -0.15) is 0 Å². The molecule has 0 aliphatic rings. The number of benzene rings is 1. The van der Waals surface area contributed by atoms with E-state index in [2.05, 4.69) is 20.9 Å². The highest BCUT2D eigenvalue weighted by Gasteiger charge is 2.15. The molecule has 0 fully saturated rings. The van der Waals surface area contributed by atoms with E-state index in [0.29, 0.717) is 11.3 Å². The molecule has 126 valence electrons. The third-order valence-electron chi connectivity index (χ3n) is 3.88. The monoisotopic (exact) mass is 326 g/mol. The second-order valence-electron chi connectivity index (χ2n) is 5.40. The fourth-order valence-electron chi connectivity index (χ4n) is 2.49. The molecule has 0 saturated heterocycles. The van der Waals surface area contributed by atoms with Crippen LogP contribution in [0.4, 0.5) is 10.5 Å². The zero-order chi connectivity index (χ0) is 17.5. The van der Waals surface area contributed by atoms with E-state index in [1.165, 1.54) is 0 Å². The lowest BCUT2D eigenvalue weighted by atomic mass is 10.1. The number of carbonyl (C=O) groups is 2. The van der Waals surface area contributed by atoms with Gasteiger partial charge >= 0.3 is 6.03 Å². The van der Waals surface area contributed by atoms with Gasteiger partial charge in [0.15, 0.2) is 0 Å². The van der Waals surface area contributed by atoms with Crippen LogP contribution in [0.5, 0.6) is 0 Å². The lowest BCUT2D eigenvalue weighted by Gasteiger charge is -2.19. The molecule has 0 spiro atoms. The third-order valence-corrected chi connectivity index (χ3v) is 3.88. The molecule has 6 heteroatoms. The predicted molar refractivity (Wildman–Crippen MR) is 94.0 cm³/mol. The topological polar surface area (TPSA) is 83.1 Å². The molecule has 0 bridgehead atoms. The van der Waals surface area contributed by atoms with E-state index in [9.17, 15) is 9.59 Å². The van der Waals surface area contributed by atoms with E-state index >= 15 is 0 Å². The van der Waals surface area contributed by atoms with Crippen molar-refractivity contribution in [3.05, 3.63) is 59.4 Å². The predicted octanol–water partition coefficient (Wildman–Crippen LogP) is 3.02. The van der Waals surface area contributed by atoms with Crippen molar-refractivity contribution in [2.45, 2.75) is 26.3 Å². The van der Waals surface area contributed by atoms with E-state index in [1.54, 1.807) is 44.6 Å². The second-order valence-corrected chi connectivity index (χ2v) is 5.40. The smallest absolute Gasteiger partial charge is 0.319 e. The lowest BCUT2D eigenvalue weighted by Crippen LogP contribution is -2.32. The summed E-state index contributed by atoms with van der Waals surface area (Å²) >= 11 is 0. The summed E-state index contributed by atoms with van der Waals surface area (Å²) in [5, 5.41) is 8.35. The average Bonchev–Trinajstić information content (AvgIpc) is 2.61. The van der Waals surface area contributed by atoms with Gasteiger partial charge in [-0.3, -0.25) is 9.78 Å². The van der Waals surface area contributed by atoms with Crippen LogP contribution in [0.3, 0.4) is 0 Å². The SMILES string of the molecule is CCC(NC(=O)Nc1cccc(C(=O)NC)c1C)c1ccncc1. The first-order valence-electron chi connectivity index (χ1n) is 7.86. The summed E-state index contributed by atoms with van der Waals surface area (Å²) in [6, 6.07) is 8.59. The maximum absolute atomic E-state index is 12.3. The minimum absolute atomic E-state index is 0.101. The Hall–Kier alpha value is -2.89. The number of anilines is 1. The number of urea groups is 1. The van der Waals surface area contributed by atoms with Gasteiger partial charge in [-0.15, -0.1) is 0 Å². The zero-order valence-corrected chi connectivity index (χ0v) is 14.1. The van der Waals surface area contributed by atoms with Crippen molar-refractivity contribution in [2.75, 3.05) is 12.4 Å². The highest BCUT2D eigenvalue weighted by molar-refractivity contribution is 5.98. The second kappa shape index (κ2) is 8.10. The van der Waals surface area contributed by atoms with Crippen molar-refractivity contribution in [1.82, 2.24) is 15.6 Å². The Morgan fingerprint density at radius 1 is 1.17 bits per heavy atom. The van der Waals surface area contributed by atoms with Gasteiger partial charge in [-0.25, -0.2) is 4.79 Å². The molecule has 0 aliphatic heterocycles. The molecule has 2 aromatic rings. The summed E-state index contributed by atoms with van der Waals surface area (Å²) in [4.78, 5) is 28.1. The van der Waals surface area contributed by atoms with Crippen molar-refractivity contribution in [1.29, 1.82) is 0 Å². The van der Waals surface area contributed by atoms with Crippen molar-refractivity contribution in [2.24, 2.45) is 0 Å². The Kier molecular flexibility index (Phi) is 5.89. The molecule has 0 saturated carbocycles. The number of nitrogens with one attached hydrogen (secondary N) is 3. The Labute approximate surface area is 141 Å². The molecule has 0 aliphatic carbocycles. The summed E-state index contributed by atoms with van der Waals surface area (Å²) in [7, 11) is 1.58. The Morgan fingerprint density at radius 3 is 2.50 bits per heavy atom. The van der Waals surface area contributed by atoms with Gasteiger partial charge in [0, 0.05) is 30.7 Å². The minimum atomic E-state index is -0.309. The fraction of sp³-hybridized carbons (Fsp3) is 0.278. The van der Waals surface area contributed by atoms with Crippen LogP contribution in [0.2, 0.25) is 0 Å². The van der Waals surface area contributed by atoms with Gasteiger partial charge in [0.25, 0.3) is 5.91 Å². The first-order chi connectivity index (χ1) is 11.6. The quantitative estimate of drug-likeness (QED) is 0.790. The van der Waals surface area contributed by atoms with Crippen LogP contribution < -0.4 is 16.0 Å². The van der Waals surface area contributed by atoms with Gasteiger partial charge < -0.3 is 16.0 Å². The van der Waals surface area contributed by atoms with Crippen LogP contribution in [-0.4, -0.2) is 24.0 Å². The highest BCUT2D eigenvalue weighted by Crippen LogP contribution is 2.20. The average molecular weight is 326 g/mol. The fourth-order valence-corrected chi connectivity index (χ4v) is 2.49. The van der Waals surface area contributed by atoms with Gasteiger partial charge in [0.2, 0.25) is 0 Å². The molecule has 3 N–H and O–H groups in total. The van der Waals surface area contributed by atoms with Crippen LogP contribution in [0, 0.1) is 6.92 Å². The molecule has 3 amide bonds. The van der Waals surface area contributed by atoms with E-state index in [-0.39, 0.29) is 18.0 Å². The number of aromatic nitrogens is 1. The first kappa shape index (κ1) is 17.5. The van der Waals surface area contributed by atoms with Crippen LogP contribution in [0.25, 0.3) is 0 Å². The Bertz CT molecular complexity index is 716. The number of nitrogens with zero attached hydrogens (tertiary/aromatic N) is 1. The van der Waals surface area contributed by atoms with E-state index in [1.807, 2.05) is 19.1 Å². The van der Waals surface area contributed by atoms with Crippen molar-refractivity contribution >= 4 is 17.6 Å². The number of hydrogen-bond donors (Lipinski definition) is 3. The minimum Gasteiger partial charge on any atom is -0.355 e. The van der Waals surface area contributed by atoms with Crippen molar-refractivity contribution < 1.29 is 9.59 Å². The van der Waals surface area contributed by atoms with Gasteiger partial charge in [0.05, 0.1) is 6.04 Å². The molecule has 1 aromatic heterocycles. The zero-order valence-electron chi connectivity index (χ0n) is 14.1. The number of hydrogen-bond acceptors (Lipinski definition) is 3. The van der Waals surface area contributed by atoms with Crippen molar-refractivity contribution in [3.8, 4) is 0 Å². The molecule has 1 aromatic carbocycles. The van der Waals surface area contributed by atoms with Gasteiger partial charge in [-0.05, 0) is 48.7 Å². The van der Waals surface area contributed by atoms with Crippen molar-refractivity contribution in [3.63, 3.8) is 0 Å². The maximum Gasteiger partial charge on any atom is 0.319 e. The molecule has 1 heterocycles. The maximum atomic E-state index is 12.3. The van der Waals surface area contributed by atoms with Crippen LogP contribution in [0.1, 0.15) is 40.9 Å². The highest BCUT2D eigenvalue weighted by atomic mass is 16.2. The molecule has 1 unspecified atom stereocenters. The normalized spacial score (nSPS) is 11.5. The number of amides is 3. The first-order valence-corrected chi connectivity index (χ1v) is 7.86. The molecule has 2 rings (SSSR count). The number of pyridine rings is 1. The summed E-state index contributed by atoms with van der Waals surface area (Å²) in [5.74, 6) is -0.181. The van der Waals surface area contributed by atoms with Crippen LogP contribution >= 0.6 is 0 Å². The lowest BCUT2D eigenvalue weighted by molar-refractivity contribution is 0.0962. The third kappa shape index (κ3) is 4.10. The number of rotatable bonds is 5. The van der Waals surface area contributed by atoms with Gasteiger partial charge in [0.1, 0.15) is 0 Å². The molecule has 24 heavy (non-hydrogen) atoms. The molecule has 0 radical (unpaired) electrons. The van der Waals surface area contributed by atoms with E-state index in [0.717, 1.165) is 17.5 Å². The standard InChI is InChI=1S/C18H22N4O2/c1-4-15(13-8-10-20-11-9-13)21-18(24)22-16-7-5-6-14(12(16)2)17(23)19-3/h5-11,15H,4H2,1-3H3,(H,19,23)(H2,21,22,24). The molecule has 1 atom stereocenters. The largest absolute Gasteiger partial charge is 0.355 e.